The fraction of sp³-hybridized carbons (Fsp3) is 0.0714. The quantitative estimate of drug-likeness (QED) is 0.939. The molecule has 2 rings (SSSR count). The molecule has 21 heavy (non-hydrogen) atoms. The maximum absolute atomic E-state index is 13.7. The number of ether oxygens (including phenoxy) is 1. The number of hydrogen-bond donors (Lipinski definition) is 1. The zero-order chi connectivity index (χ0) is 15.6. The minimum Gasteiger partial charge on any atom is -0.478 e. The lowest BCUT2D eigenvalue weighted by Gasteiger charge is -2.08. The molecule has 0 bridgehead atoms. The molecule has 110 valence electrons. The lowest BCUT2D eigenvalue weighted by atomic mass is 10.2. The molecule has 2 aromatic carbocycles. The Kier molecular flexibility index (Phi) is 3.95. The average Bonchev–Trinajstić information content (AvgIpc) is 2.40. The number of carboxylic acid groups (broad SMARTS) is 1. The van der Waals surface area contributed by atoms with Crippen molar-refractivity contribution < 1.29 is 27.4 Å². The summed E-state index contributed by atoms with van der Waals surface area (Å²) in [5, 5.41) is 8.73. The first kappa shape index (κ1) is 15.0. The first-order valence-electron chi connectivity index (χ1n) is 5.78. The zero-order valence-electron chi connectivity index (χ0n) is 10.9. The second-order valence-electron chi connectivity index (χ2n) is 4.30. The van der Waals surface area contributed by atoms with Crippen molar-refractivity contribution in [3.8, 4) is 11.5 Å². The summed E-state index contributed by atoms with van der Waals surface area (Å²) in [6.07, 6.45) is 1.08. The standard InChI is InChI=1S/C14H11FO5S/c1-21(18,19)11-5-3-10(4-6-11)20-13-7-2-9(14(16)17)8-12(13)15/h2-8H,1H3,(H,16,17). The number of sulfone groups is 1. The normalized spacial score (nSPS) is 11.1. The number of aromatic carboxylic acids is 1. The molecule has 0 atom stereocenters. The van der Waals surface area contributed by atoms with Crippen LogP contribution in [0.2, 0.25) is 0 Å². The van der Waals surface area contributed by atoms with Crippen LogP contribution in [-0.2, 0) is 9.84 Å². The smallest absolute Gasteiger partial charge is 0.335 e. The molecule has 0 aromatic heterocycles. The van der Waals surface area contributed by atoms with Crippen LogP contribution in [0.15, 0.2) is 47.4 Å². The minimum atomic E-state index is -3.31. The van der Waals surface area contributed by atoms with Crippen molar-refractivity contribution in [2.75, 3.05) is 6.26 Å². The Bertz CT molecular complexity index is 782. The molecule has 1 N–H and O–H groups in total. The second kappa shape index (κ2) is 5.53. The van der Waals surface area contributed by atoms with Gasteiger partial charge in [-0.1, -0.05) is 0 Å². The van der Waals surface area contributed by atoms with Crippen molar-refractivity contribution in [3.05, 3.63) is 53.8 Å². The van der Waals surface area contributed by atoms with Gasteiger partial charge in [0.2, 0.25) is 0 Å². The predicted molar refractivity (Wildman–Crippen MR) is 73.0 cm³/mol. The Morgan fingerprint density at radius 1 is 1.14 bits per heavy atom. The summed E-state index contributed by atoms with van der Waals surface area (Å²) in [4.78, 5) is 10.8. The summed E-state index contributed by atoms with van der Waals surface area (Å²) < 4.78 is 41.5. The monoisotopic (exact) mass is 310 g/mol. The molecule has 0 spiro atoms. The minimum absolute atomic E-state index is 0.122. The number of carboxylic acids is 1. The van der Waals surface area contributed by atoms with Crippen molar-refractivity contribution in [1.82, 2.24) is 0 Å². The molecule has 0 amide bonds. The Hall–Kier alpha value is -2.41. The van der Waals surface area contributed by atoms with Gasteiger partial charge in [0.25, 0.3) is 0 Å². The van der Waals surface area contributed by atoms with Crippen LogP contribution in [0, 0.1) is 5.82 Å². The van der Waals surface area contributed by atoms with Crippen molar-refractivity contribution in [3.63, 3.8) is 0 Å². The third-order valence-corrected chi connectivity index (χ3v) is 3.79. The van der Waals surface area contributed by atoms with Crippen LogP contribution in [0.4, 0.5) is 4.39 Å². The van der Waals surface area contributed by atoms with E-state index in [0.717, 1.165) is 12.3 Å². The maximum atomic E-state index is 13.7. The third kappa shape index (κ3) is 3.57. The van der Waals surface area contributed by atoms with Gasteiger partial charge in [0, 0.05) is 6.26 Å². The Labute approximate surface area is 120 Å². The van der Waals surface area contributed by atoms with Crippen LogP contribution in [0.1, 0.15) is 10.4 Å². The molecule has 0 aliphatic rings. The molecule has 5 nitrogen and oxygen atoms in total. The summed E-state index contributed by atoms with van der Waals surface area (Å²) in [5.41, 5.74) is -0.188. The number of benzene rings is 2. The SMILES string of the molecule is CS(=O)(=O)c1ccc(Oc2ccc(C(=O)O)cc2F)cc1. The van der Waals surface area contributed by atoms with Gasteiger partial charge in [-0.05, 0) is 42.5 Å². The Morgan fingerprint density at radius 2 is 1.76 bits per heavy atom. The van der Waals surface area contributed by atoms with E-state index >= 15 is 0 Å². The number of rotatable bonds is 4. The molecule has 7 heteroatoms. The van der Waals surface area contributed by atoms with E-state index < -0.39 is 21.6 Å². The van der Waals surface area contributed by atoms with Gasteiger partial charge >= 0.3 is 5.97 Å². The van der Waals surface area contributed by atoms with Crippen LogP contribution >= 0.6 is 0 Å². The summed E-state index contributed by atoms with van der Waals surface area (Å²) in [7, 11) is -3.31. The summed E-state index contributed by atoms with van der Waals surface area (Å²) in [6, 6.07) is 8.72. The van der Waals surface area contributed by atoms with E-state index in [-0.39, 0.29) is 22.0 Å². The van der Waals surface area contributed by atoms with E-state index in [1.54, 1.807) is 0 Å². The van der Waals surface area contributed by atoms with Gasteiger partial charge in [-0.2, -0.15) is 0 Å². The molecule has 0 fully saturated rings. The molecule has 0 unspecified atom stereocenters. The van der Waals surface area contributed by atoms with Gasteiger partial charge in [-0.25, -0.2) is 17.6 Å². The van der Waals surface area contributed by atoms with Gasteiger partial charge in [0.15, 0.2) is 21.4 Å². The Morgan fingerprint density at radius 3 is 2.24 bits per heavy atom. The number of hydrogen-bond acceptors (Lipinski definition) is 4. The zero-order valence-corrected chi connectivity index (χ0v) is 11.7. The van der Waals surface area contributed by atoms with Crippen molar-refractivity contribution in [1.29, 1.82) is 0 Å². The molecule has 0 aliphatic carbocycles. The topological polar surface area (TPSA) is 80.7 Å². The lowest BCUT2D eigenvalue weighted by Crippen LogP contribution is -1.98. The highest BCUT2D eigenvalue weighted by atomic mass is 32.2. The van der Waals surface area contributed by atoms with Crippen molar-refractivity contribution in [2.45, 2.75) is 4.90 Å². The van der Waals surface area contributed by atoms with Crippen molar-refractivity contribution >= 4 is 15.8 Å². The van der Waals surface area contributed by atoms with E-state index in [9.17, 15) is 17.6 Å². The van der Waals surface area contributed by atoms with Crippen LogP contribution in [-0.4, -0.2) is 25.7 Å². The van der Waals surface area contributed by atoms with Gasteiger partial charge in [-0.3, -0.25) is 0 Å². The largest absolute Gasteiger partial charge is 0.478 e. The molecule has 0 radical (unpaired) electrons. The summed E-state index contributed by atoms with van der Waals surface area (Å²) in [5.74, 6) is -1.96. The van der Waals surface area contributed by atoms with E-state index in [2.05, 4.69) is 0 Å². The van der Waals surface area contributed by atoms with E-state index in [4.69, 9.17) is 9.84 Å². The number of halogens is 1. The maximum Gasteiger partial charge on any atom is 0.335 e. The predicted octanol–water partition coefficient (Wildman–Crippen LogP) is 2.72. The van der Waals surface area contributed by atoms with Gasteiger partial charge < -0.3 is 9.84 Å². The molecular formula is C14H11FO5S. The molecule has 0 heterocycles. The summed E-state index contributed by atoms with van der Waals surface area (Å²) >= 11 is 0. The van der Waals surface area contributed by atoms with Crippen LogP contribution in [0.5, 0.6) is 11.5 Å². The van der Waals surface area contributed by atoms with E-state index in [1.165, 1.54) is 36.4 Å². The van der Waals surface area contributed by atoms with Crippen molar-refractivity contribution in [2.24, 2.45) is 0 Å². The Balaban J connectivity index is 2.24. The first-order chi connectivity index (χ1) is 9.77. The van der Waals surface area contributed by atoms with Gasteiger partial charge in [-0.15, -0.1) is 0 Å². The van der Waals surface area contributed by atoms with E-state index in [1.807, 2.05) is 0 Å². The highest BCUT2D eigenvalue weighted by molar-refractivity contribution is 7.90. The number of carbonyl (C=O) groups is 1. The fourth-order valence-electron chi connectivity index (χ4n) is 1.60. The van der Waals surface area contributed by atoms with Gasteiger partial charge in [0.05, 0.1) is 10.5 Å². The molecule has 2 aromatic rings. The molecule has 0 saturated carbocycles. The molecule has 0 saturated heterocycles. The van der Waals surface area contributed by atoms with Crippen LogP contribution < -0.4 is 4.74 Å². The molecule has 0 aliphatic heterocycles. The van der Waals surface area contributed by atoms with E-state index in [0.29, 0.717) is 0 Å². The highest BCUT2D eigenvalue weighted by Gasteiger charge is 2.11. The average molecular weight is 310 g/mol. The fourth-order valence-corrected chi connectivity index (χ4v) is 2.23. The highest BCUT2D eigenvalue weighted by Crippen LogP contribution is 2.26. The third-order valence-electron chi connectivity index (χ3n) is 2.66. The molecular weight excluding hydrogens is 299 g/mol. The summed E-state index contributed by atoms with van der Waals surface area (Å²) in [6.45, 7) is 0. The van der Waals surface area contributed by atoms with Gasteiger partial charge in [0.1, 0.15) is 5.75 Å². The second-order valence-corrected chi connectivity index (χ2v) is 6.31. The van der Waals surface area contributed by atoms with Crippen LogP contribution in [0.3, 0.4) is 0 Å². The van der Waals surface area contributed by atoms with Crippen LogP contribution in [0.25, 0.3) is 0 Å². The first-order valence-corrected chi connectivity index (χ1v) is 7.67. The lowest BCUT2D eigenvalue weighted by molar-refractivity contribution is 0.0696.